The third-order valence-corrected chi connectivity index (χ3v) is 4.36. The molecule has 118 valence electrons. The smallest absolute Gasteiger partial charge is 0.108 e. The number of pyridine rings is 1. The Balaban J connectivity index is 1.52. The van der Waals surface area contributed by atoms with Crippen LogP contribution in [0.4, 0.5) is 5.69 Å². The Morgan fingerprint density at radius 1 is 1.18 bits per heavy atom. The number of rotatable bonds is 3. The molecule has 1 aromatic rings. The molecule has 0 bridgehead atoms. The number of nitrogens with zero attached hydrogens (tertiary/aromatic N) is 2. The molecule has 0 aromatic carbocycles. The maximum Gasteiger partial charge on any atom is 0.108 e. The summed E-state index contributed by atoms with van der Waals surface area (Å²) in [6, 6.07) is 2.15. The summed E-state index contributed by atoms with van der Waals surface area (Å²) < 4.78 is 5.81. The average molecular weight is 299 g/mol. The first-order chi connectivity index (χ1) is 10.9. The van der Waals surface area contributed by atoms with Crippen LogP contribution in [0.1, 0.15) is 37.7 Å². The van der Waals surface area contributed by atoms with Crippen molar-refractivity contribution in [1.82, 2.24) is 10.3 Å². The molecule has 4 nitrogen and oxygen atoms in total. The summed E-state index contributed by atoms with van der Waals surface area (Å²) in [5.41, 5.74) is 2.18. The van der Waals surface area contributed by atoms with E-state index in [1.165, 1.54) is 24.9 Å². The summed E-state index contributed by atoms with van der Waals surface area (Å²) >= 11 is 0. The molecule has 0 saturated carbocycles. The van der Waals surface area contributed by atoms with E-state index in [1.54, 1.807) is 0 Å². The van der Waals surface area contributed by atoms with Gasteiger partial charge in [0.05, 0.1) is 18.0 Å². The quantitative estimate of drug-likeness (QED) is 0.868. The first kappa shape index (κ1) is 15.3. The van der Waals surface area contributed by atoms with E-state index in [0.29, 0.717) is 12.7 Å². The summed E-state index contributed by atoms with van der Waals surface area (Å²) in [4.78, 5) is 6.75. The van der Waals surface area contributed by atoms with Gasteiger partial charge in [-0.25, -0.2) is 0 Å². The predicted octanol–water partition coefficient (Wildman–Crippen LogP) is 2.19. The van der Waals surface area contributed by atoms with E-state index in [9.17, 15) is 0 Å². The second kappa shape index (κ2) is 8.17. The van der Waals surface area contributed by atoms with Crippen molar-refractivity contribution in [2.45, 2.75) is 38.2 Å². The predicted molar refractivity (Wildman–Crippen MR) is 89.0 cm³/mol. The summed E-state index contributed by atoms with van der Waals surface area (Å²) in [5.74, 6) is 6.31. The first-order valence-electron chi connectivity index (χ1n) is 8.43. The molecule has 3 heterocycles. The van der Waals surface area contributed by atoms with Crippen LogP contribution in [-0.4, -0.2) is 43.9 Å². The highest BCUT2D eigenvalue weighted by molar-refractivity contribution is 5.50. The van der Waals surface area contributed by atoms with Crippen molar-refractivity contribution in [2.24, 2.45) is 0 Å². The third kappa shape index (κ3) is 4.46. The van der Waals surface area contributed by atoms with E-state index in [0.717, 1.165) is 44.6 Å². The van der Waals surface area contributed by atoms with Crippen LogP contribution in [0.15, 0.2) is 18.5 Å². The molecule has 2 saturated heterocycles. The normalized spacial score (nSPS) is 19.5. The molecular formula is C18H25N3O. The van der Waals surface area contributed by atoms with Gasteiger partial charge in [-0.3, -0.25) is 4.98 Å². The van der Waals surface area contributed by atoms with Crippen molar-refractivity contribution in [3.8, 4) is 11.8 Å². The highest BCUT2D eigenvalue weighted by Gasteiger charge is 2.12. The molecule has 0 amide bonds. The van der Waals surface area contributed by atoms with Crippen LogP contribution < -0.4 is 10.2 Å². The molecule has 0 atom stereocenters. The molecule has 22 heavy (non-hydrogen) atoms. The first-order valence-corrected chi connectivity index (χ1v) is 8.43. The van der Waals surface area contributed by atoms with E-state index in [2.05, 4.69) is 33.1 Å². The largest absolute Gasteiger partial charge is 0.370 e. The summed E-state index contributed by atoms with van der Waals surface area (Å²) in [6.45, 7) is 4.90. The van der Waals surface area contributed by atoms with Gasteiger partial charge in [0, 0.05) is 24.8 Å². The van der Waals surface area contributed by atoms with Gasteiger partial charge in [0.15, 0.2) is 0 Å². The zero-order valence-electron chi connectivity index (χ0n) is 13.2. The van der Waals surface area contributed by atoms with E-state index < -0.39 is 0 Å². The zero-order valence-corrected chi connectivity index (χ0v) is 13.2. The van der Waals surface area contributed by atoms with Crippen molar-refractivity contribution in [3.05, 3.63) is 24.0 Å². The maximum absolute atomic E-state index is 5.81. The van der Waals surface area contributed by atoms with Crippen LogP contribution in [0, 0.1) is 11.8 Å². The SMILES string of the molecule is C(#Cc1cncc(N2CCCCC2)c1)COC1CCNCC1. The van der Waals surface area contributed by atoms with Crippen LogP contribution in [0.5, 0.6) is 0 Å². The molecule has 2 aliphatic heterocycles. The molecule has 2 fully saturated rings. The van der Waals surface area contributed by atoms with Crippen molar-refractivity contribution < 1.29 is 4.74 Å². The van der Waals surface area contributed by atoms with Crippen molar-refractivity contribution >= 4 is 5.69 Å². The van der Waals surface area contributed by atoms with Gasteiger partial charge in [0.25, 0.3) is 0 Å². The molecule has 0 unspecified atom stereocenters. The van der Waals surface area contributed by atoms with E-state index in [4.69, 9.17) is 4.74 Å². The molecule has 3 rings (SSSR count). The highest BCUT2D eigenvalue weighted by atomic mass is 16.5. The van der Waals surface area contributed by atoms with Crippen LogP contribution in [0.3, 0.4) is 0 Å². The number of nitrogens with one attached hydrogen (secondary N) is 1. The van der Waals surface area contributed by atoms with Gasteiger partial charge in [-0.05, 0) is 51.3 Å². The third-order valence-electron chi connectivity index (χ3n) is 4.36. The van der Waals surface area contributed by atoms with Crippen molar-refractivity contribution in [1.29, 1.82) is 0 Å². The van der Waals surface area contributed by atoms with Gasteiger partial charge >= 0.3 is 0 Å². The van der Waals surface area contributed by atoms with Gasteiger partial charge in [-0.15, -0.1) is 0 Å². The topological polar surface area (TPSA) is 37.4 Å². The number of aromatic nitrogens is 1. The van der Waals surface area contributed by atoms with Crippen molar-refractivity contribution in [2.75, 3.05) is 37.7 Å². The van der Waals surface area contributed by atoms with Gasteiger partial charge < -0.3 is 15.0 Å². The lowest BCUT2D eigenvalue weighted by Gasteiger charge is -2.28. The molecule has 1 aromatic heterocycles. The molecule has 2 aliphatic rings. The number of hydrogen-bond donors (Lipinski definition) is 1. The minimum Gasteiger partial charge on any atom is -0.370 e. The molecule has 4 heteroatoms. The van der Waals surface area contributed by atoms with Crippen LogP contribution >= 0.6 is 0 Å². The lowest BCUT2D eigenvalue weighted by Crippen LogP contribution is -2.32. The van der Waals surface area contributed by atoms with E-state index in [1.807, 2.05) is 12.4 Å². The van der Waals surface area contributed by atoms with Crippen LogP contribution in [-0.2, 0) is 4.74 Å². The minimum atomic E-state index is 0.369. The summed E-state index contributed by atoms with van der Waals surface area (Å²) in [7, 11) is 0. The fraction of sp³-hybridized carbons (Fsp3) is 0.611. The van der Waals surface area contributed by atoms with Gasteiger partial charge in [0.1, 0.15) is 6.61 Å². The molecular weight excluding hydrogens is 274 g/mol. The van der Waals surface area contributed by atoms with Crippen LogP contribution in [0.2, 0.25) is 0 Å². The average Bonchev–Trinajstić information content (AvgIpc) is 2.61. The van der Waals surface area contributed by atoms with Crippen molar-refractivity contribution in [3.63, 3.8) is 0 Å². The lowest BCUT2D eigenvalue weighted by molar-refractivity contribution is 0.0548. The lowest BCUT2D eigenvalue weighted by atomic mass is 10.1. The van der Waals surface area contributed by atoms with E-state index in [-0.39, 0.29) is 0 Å². The fourth-order valence-electron chi connectivity index (χ4n) is 3.08. The fourth-order valence-corrected chi connectivity index (χ4v) is 3.08. The Bertz CT molecular complexity index is 523. The number of hydrogen-bond acceptors (Lipinski definition) is 4. The number of piperidine rings is 2. The number of anilines is 1. The van der Waals surface area contributed by atoms with Gasteiger partial charge in [0.2, 0.25) is 0 Å². The zero-order chi connectivity index (χ0) is 15.0. The Kier molecular flexibility index (Phi) is 5.69. The standard InChI is InChI=1S/C18H25N3O/c1-2-10-21(11-3-1)17-13-16(14-20-15-17)5-4-12-22-18-6-8-19-9-7-18/h13-15,18-19H,1-3,6-12H2. The highest BCUT2D eigenvalue weighted by Crippen LogP contribution is 2.19. The Hall–Kier alpha value is -1.57. The monoisotopic (exact) mass is 299 g/mol. The summed E-state index contributed by atoms with van der Waals surface area (Å²) in [6.07, 6.45) is 10.2. The van der Waals surface area contributed by atoms with Gasteiger partial charge in [-0.2, -0.15) is 0 Å². The minimum absolute atomic E-state index is 0.369. The Labute approximate surface area is 133 Å². The van der Waals surface area contributed by atoms with Gasteiger partial charge in [-0.1, -0.05) is 11.8 Å². The molecule has 1 N–H and O–H groups in total. The van der Waals surface area contributed by atoms with E-state index >= 15 is 0 Å². The molecule has 0 aliphatic carbocycles. The second-order valence-corrected chi connectivity index (χ2v) is 6.04. The number of ether oxygens (including phenoxy) is 1. The molecule has 0 spiro atoms. The van der Waals surface area contributed by atoms with Crippen LogP contribution in [0.25, 0.3) is 0 Å². The Morgan fingerprint density at radius 2 is 2.00 bits per heavy atom. The second-order valence-electron chi connectivity index (χ2n) is 6.04. The Morgan fingerprint density at radius 3 is 2.82 bits per heavy atom. The molecule has 0 radical (unpaired) electrons. The summed E-state index contributed by atoms with van der Waals surface area (Å²) in [5, 5.41) is 3.34. The maximum atomic E-state index is 5.81.